The molecule has 2 N–H and O–H groups in total. The average molecular weight is 355 g/mol. The summed E-state index contributed by atoms with van der Waals surface area (Å²) in [5.41, 5.74) is 4.10. The SMILES string of the molecule is C/C(=N/NC(=S)Nc1ccc(F)cc1)c1cc2ccccc2oc1=O. The van der Waals surface area contributed by atoms with Crippen molar-refractivity contribution in [3.63, 3.8) is 0 Å². The van der Waals surface area contributed by atoms with Gasteiger partial charge in [0.2, 0.25) is 0 Å². The van der Waals surface area contributed by atoms with Crippen LogP contribution in [0.25, 0.3) is 11.0 Å². The van der Waals surface area contributed by atoms with E-state index in [-0.39, 0.29) is 10.9 Å². The van der Waals surface area contributed by atoms with E-state index in [9.17, 15) is 9.18 Å². The lowest BCUT2D eigenvalue weighted by Crippen LogP contribution is -2.26. The number of anilines is 1. The molecule has 0 fully saturated rings. The van der Waals surface area contributed by atoms with E-state index in [1.165, 1.54) is 12.1 Å². The van der Waals surface area contributed by atoms with Crippen molar-refractivity contribution in [1.29, 1.82) is 0 Å². The van der Waals surface area contributed by atoms with Gasteiger partial charge in [0.25, 0.3) is 0 Å². The molecule has 1 heterocycles. The van der Waals surface area contributed by atoms with Gasteiger partial charge in [0.05, 0.1) is 11.3 Å². The number of para-hydroxylation sites is 1. The number of thiocarbonyl (C=S) groups is 1. The smallest absolute Gasteiger partial charge is 0.345 e. The molecule has 1 aromatic heterocycles. The van der Waals surface area contributed by atoms with Gasteiger partial charge < -0.3 is 9.73 Å². The molecule has 0 spiro atoms. The van der Waals surface area contributed by atoms with E-state index in [0.29, 0.717) is 22.5 Å². The minimum Gasteiger partial charge on any atom is -0.422 e. The van der Waals surface area contributed by atoms with Crippen LogP contribution in [-0.4, -0.2) is 10.8 Å². The van der Waals surface area contributed by atoms with E-state index < -0.39 is 5.63 Å². The number of hydrogen-bond donors (Lipinski definition) is 2. The van der Waals surface area contributed by atoms with Crippen molar-refractivity contribution in [1.82, 2.24) is 5.43 Å². The highest BCUT2D eigenvalue weighted by Crippen LogP contribution is 2.13. The average Bonchev–Trinajstić information content (AvgIpc) is 2.61. The Morgan fingerprint density at radius 3 is 2.64 bits per heavy atom. The third kappa shape index (κ3) is 4.07. The highest BCUT2D eigenvalue weighted by Gasteiger charge is 2.08. The molecule has 3 rings (SSSR count). The van der Waals surface area contributed by atoms with Crippen LogP contribution in [0.2, 0.25) is 0 Å². The molecule has 2 aromatic carbocycles. The van der Waals surface area contributed by atoms with E-state index in [1.807, 2.05) is 12.1 Å². The van der Waals surface area contributed by atoms with Crippen LogP contribution in [0.5, 0.6) is 0 Å². The van der Waals surface area contributed by atoms with Crippen LogP contribution in [0, 0.1) is 5.82 Å². The fourth-order valence-corrected chi connectivity index (χ4v) is 2.36. The standard InChI is InChI=1S/C18H14FN3O2S/c1-11(15-10-12-4-2-3-5-16(12)24-17(15)23)21-22-18(25)20-14-8-6-13(19)7-9-14/h2-10H,1H3,(H2,20,22,25)/b21-11-. The Morgan fingerprint density at radius 1 is 1.16 bits per heavy atom. The van der Waals surface area contributed by atoms with Gasteiger partial charge in [0.15, 0.2) is 5.11 Å². The van der Waals surface area contributed by atoms with Gasteiger partial charge in [0.1, 0.15) is 11.4 Å². The second kappa shape index (κ2) is 7.23. The van der Waals surface area contributed by atoms with Crippen LogP contribution in [0.1, 0.15) is 12.5 Å². The predicted molar refractivity (Wildman–Crippen MR) is 100 cm³/mol. The Kier molecular flexibility index (Phi) is 4.85. The zero-order valence-corrected chi connectivity index (χ0v) is 14.1. The molecule has 5 nitrogen and oxygen atoms in total. The van der Waals surface area contributed by atoms with Gasteiger partial charge in [-0.05, 0) is 55.5 Å². The summed E-state index contributed by atoms with van der Waals surface area (Å²) in [4.78, 5) is 12.1. The van der Waals surface area contributed by atoms with Crippen molar-refractivity contribution < 1.29 is 8.81 Å². The summed E-state index contributed by atoms with van der Waals surface area (Å²) >= 11 is 5.12. The summed E-state index contributed by atoms with van der Waals surface area (Å²) < 4.78 is 18.2. The lowest BCUT2D eigenvalue weighted by molar-refractivity contribution is 0.559. The number of nitrogens with one attached hydrogen (secondary N) is 2. The number of nitrogens with zero attached hydrogens (tertiary/aromatic N) is 1. The molecular weight excluding hydrogens is 341 g/mol. The molecule has 0 saturated heterocycles. The van der Waals surface area contributed by atoms with Crippen LogP contribution >= 0.6 is 12.2 Å². The molecule has 25 heavy (non-hydrogen) atoms. The van der Waals surface area contributed by atoms with Crippen LogP contribution in [0.4, 0.5) is 10.1 Å². The molecule has 7 heteroatoms. The van der Waals surface area contributed by atoms with Gasteiger partial charge in [-0.25, -0.2) is 9.18 Å². The highest BCUT2D eigenvalue weighted by molar-refractivity contribution is 7.80. The first-order chi connectivity index (χ1) is 12.0. The monoisotopic (exact) mass is 355 g/mol. The van der Waals surface area contributed by atoms with E-state index in [4.69, 9.17) is 16.6 Å². The summed E-state index contributed by atoms with van der Waals surface area (Å²) in [6.07, 6.45) is 0. The van der Waals surface area contributed by atoms with Gasteiger partial charge in [-0.1, -0.05) is 18.2 Å². The summed E-state index contributed by atoms with van der Waals surface area (Å²) in [7, 11) is 0. The number of hydrazone groups is 1. The van der Waals surface area contributed by atoms with E-state index in [2.05, 4.69) is 15.8 Å². The number of fused-ring (bicyclic) bond motifs is 1. The lowest BCUT2D eigenvalue weighted by Gasteiger charge is -2.08. The van der Waals surface area contributed by atoms with Gasteiger partial charge in [0, 0.05) is 11.1 Å². The Labute approximate surface area is 148 Å². The molecule has 0 aliphatic rings. The second-order valence-corrected chi connectivity index (χ2v) is 5.66. The van der Waals surface area contributed by atoms with Gasteiger partial charge in [-0.15, -0.1) is 0 Å². The van der Waals surface area contributed by atoms with Crippen molar-refractivity contribution in [2.45, 2.75) is 6.92 Å². The van der Waals surface area contributed by atoms with Crippen LogP contribution < -0.4 is 16.4 Å². The normalized spacial score (nSPS) is 11.4. The third-order valence-electron chi connectivity index (χ3n) is 3.46. The Morgan fingerprint density at radius 2 is 1.88 bits per heavy atom. The van der Waals surface area contributed by atoms with Crippen LogP contribution in [-0.2, 0) is 0 Å². The molecule has 0 bridgehead atoms. The van der Waals surface area contributed by atoms with Gasteiger partial charge in [-0.3, -0.25) is 5.43 Å². The second-order valence-electron chi connectivity index (χ2n) is 5.26. The Hall–Kier alpha value is -3.06. The van der Waals surface area contributed by atoms with Crippen LogP contribution in [0.15, 0.2) is 68.9 Å². The minimum absolute atomic E-state index is 0.219. The molecule has 0 radical (unpaired) electrons. The third-order valence-corrected chi connectivity index (χ3v) is 3.65. The minimum atomic E-state index is -0.473. The number of halogens is 1. The first-order valence-corrected chi connectivity index (χ1v) is 7.84. The van der Waals surface area contributed by atoms with Crippen LogP contribution in [0.3, 0.4) is 0 Å². The maximum atomic E-state index is 12.9. The van der Waals surface area contributed by atoms with E-state index in [1.54, 1.807) is 37.3 Å². The molecule has 3 aromatic rings. The van der Waals surface area contributed by atoms with Crippen molar-refractivity contribution in [2.24, 2.45) is 5.10 Å². The summed E-state index contributed by atoms with van der Waals surface area (Å²) in [6, 6.07) is 14.7. The first kappa shape index (κ1) is 16.8. The molecule has 0 aliphatic heterocycles. The van der Waals surface area contributed by atoms with Gasteiger partial charge >= 0.3 is 5.63 Å². The topological polar surface area (TPSA) is 66.6 Å². The molecule has 0 atom stereocenters. The molecule has 126 valence electrons. The Balaban J connectivity index is 1.75. The fraction of sp³-hybridized carbons (Fsp3) is 0.0556. The molecular formula is C18H14FN3O2S. The van der Waals surface area contributed by atoms with Gasteiger partial charge in [-0.2, -0.15) is 5.10 Å². The zero-order chi connectivity index (χ0) is 17.8. The summed E-state index contributed by atoms with van der Waals surface area (Å²) in [5, 5.41) is 7.99. The quantitative estimate of drug-likeness (QED) is 0.325. The predicted octanol–water partition coefficient (Wildman–Crippen LogP) is 3.64. The first-order valence-electron chi connectivity index (χ1n) is 7.43. The van der Waals surface area contributed by atoms with Crippen molar-refractivity contribution in [3.8, 4) is 0 Å². The summed E-state index contributed by atoms with van der Waals surface area (Å²) in [6.45, 7) is 1.68. The molecule has 0 amide bonds. The number of rotatable bonds is 3. The number of benzene rings is 2. The molecule has 0 unspecified atom stereocenters. The summed E-state index contributed by atoms with van der Waals surface area (Å²) in [5.74, 6) is -0.332. The van der Waals surface area contributed by atoms with E-state index in [0.717, 1.165) is 5.39 Å². The fourth-order valence-electron chi connectivity index (χ4n) is 2.20. The molecule has 0 saturated carbocycles. The lowest BCUT2D eigenvalue weighted by atomic mass is 10.1. The molecule has 0 aliphatic carbocycles. The maximum Gasteiger partial charge on any atom is 0.345 e. The highest BCUT2D eigenvalue weighted by atomic mass is 32.1. The Bertz CT molecular complexity index is 1010. The van der Waals surface area contributed by atoms with Crippen molar-refractivity contribution in [2.75, 3.05) is 5.32 Å². The largest absolute Gasteiger partial charge is 0.422 e. The van der Waals surface area contributed by atoms with E-state index >= 15 is 0 Å². The van der Waals surface area contributed by atoms with Crippen molar-refractivity contribution >= 4 is 39.7 Å². The number of hydrogen-bond acceptors (Lipinski definition) is 4. The van der Waals surface area contributed by atoms with Crippen molar-refractivity contribution in [3.05, 3.63) is 76.4 Å². The maximum absolute atomic E-state index is 12.9. The zero-order valence-electron chi connectivity index (χ0n) is 13.2.